The number of nitrogens with zero attached hydrogens (tertiary/aromatic N) is 4. The molecule has 8 heteroatoms. The monoisotopic (exact) mass is 371 g/mol. The van der Waals surface area contributed by atoms with Crippen molar-refractivity contribution in [1.29, 1.82) is 0 Å². The molecule has 1 aromatic heterocycles. The van der Waals surface area contributed by atoms with Crippen molar-refractivity contribution in [3.63, 3.8) is 0 Å². The zero-order valence-corrected chi connectivity index (χ0v) is 15.6. The van der Waals surface area contributed by atoms with Crippen LogP contribution in [0.25, 0.3) is 11.4 Å². The molecule has 0 saturated carbocycles. The van der Waals surface area contributed by atoms with E-state index in [1.807, 2.05) is 36.2 Å². The van der Waals surface area contributed by atoms with E-state index in [9.17, 15) is 4.79 Å². The highest BCUT2D eigenvalue weighted by Crippen LogP contribution is 2.33. The summed E-state index contributed by atoms with van der Waals surface area (Å²) in [6.07, 6.45) is 3.51. The van der Waals surface area contributed by atoms with Crippen LogP contribution in [0.1, 0.15) is 12.8 Å². The van der Waals surface area contributed by atoms with Crippen LogP contribution in [-0.4, -0.2) is 65.2 Å². The van der Waals surface area contributed by atoms with Crippen molar-refractivity contribution in [1.82, 2.24) is 19.7 Å². The van der Waals surface area contributed by atoms with Gasteiger partial charge in [-0.15, -0.1) is 0 Å². The van der Waals surface area contributed by atoms with Crippen LogP contribution in [0.15, 0.2) is 30.6 Å². The second kappa shape index (κ2) is 7.66. The van der Waals surface area contributed by atoms with Crippen LogP contribution < -0.4 is 5.32 Å². The van der Waals surface area contributed by atoms with Gasteiger partial charge in [0.25, 0.3) is 0 Å². The van der Waals surface area contributed by atoms with Crippen molar-refractivity contribution in [2.75, 3.05) is 44.8 Å². The Labute approximate surface area is 158 Å². The van der Waals surface area contributed by atoms with E-state index in [0.29, 0.717) is 32.1 Å². The van der Waals surface area contributed by atoms with Crippen molar-refractivity contribution in [2.45, 2.75) is 12.8 Å². The molecule has 2 aliphatic rings. The van der Waals surface area contributed by atoms with E-state index in [2.05, 4.69) is 15.4 Å². The SMILES string of the molecule is Cn1cnc(-c2cccc(NC(=O)N3CCOCC4(CCOCC4)C3)c2)n1. The second-order valence-corrected chi connectivity index (χ2v) is 7.34. The average molecular weight is 371 g/mol. The summed E-state index contributed by atoms with van der Waals surface area (Å²) in [6, 6.07) is 7.50. The Kier molecular flexibility index (Phi) is 5.09. The Morgan fingerprint density at radius 1 is 1.22 bits per heavy atom. The second-order valence-electron chi connectivity index (χ2n) is 7.34. The van der Waals surface area contributed by atoms with Gasteiger partial charge in [0.05, 0.1) is 13.2 Å². The fourth-order valence-electron chi connectivity index (χ4n) is 3.68. The minimum Gasteiger partial charge on any atom is -0.381 e. The number of rotatable bonds is 2. The zero-order chi connectivity index (χ0) is 18.7. The van der Waals surface area contributed by atoms with Crippen LogP contribution in [0, 0.1) is 5.41 Å². The minimum atomic E-state index is -0.0995. The van der Waals surface area contributed by atoms with E-state index in [4.69, 9.17) is 9.47 Å². The molecule has 2 saturated heterocycles. The number of nitrogens with one attached hydrogen (secondary N) is 1. The fourth-order valence-corrected chi connectivity index (χ4v) is 3.68. The molecular formula is C19H25N5O3. The number of hydrogen-bond acceptors (Lipinski definition) is 5. The van der Waals surface area contributed by atoms with Crippen LogP contribution in [-0.2, 0) is 16.5 Å². The van der Waals surface area contributed by atoms with Crippen LogP contribution in [0.4, 0.5) is 10.5 Å². The molecule has 3 heterocycles. The predicted octanol–water partition coefficient (Wildman–Crippen LogP) is 2.14. The molecule has 0 atom stereocenters. The number of aryl methyl sites for hydroxylation is 1. The maximum Gasteiger partial charge on any atom is 0.321 e. The van der Waals surface area contributed by atoms with E-state index in [1.54, 1.807) is 11.0 Å². The van der Waals surface area contributed by atoms with Crippen LogP contribution >= 0.6 is 0 Å². The summed E-state index contributed by atoms with van der Waals surface area (Å²) in [7, 11) is 1.83. The summed E-state index contributed by atoms with van der Waals surface area (Å²) in [5.41, 5.74) is 1.61. The molecule has 144 valence electrons. The molecular weight excluding hydrogens is 346 g/mol. The van der Waals surface area contributed by atoms with Gasteiger partial charge in [-0.05, 0) is 25.0 Å². The maximum atomic E-state index is 12.9. The Morgan fingerprint density at radius 2 is 2.07 bits per heavy atom. The van der Waals surface area contributed by atoms with Crippen LogP contribution in [0.3, 0.4) is 0 Å². The van der Waals surface area contributed by atoms with Gasteiger partial charge in [-0.25, -0.2) is 9.78 Å². The normalized spacial score (nSPS) is 19.7. The molecule has 4 rings (SSSR count). The molecule has 0 aliphatic carbocycles. The lowest BCUT2D eigenvalue weighted by atomic mass is 9.80. The smallest absolute Gasteiger partial charge is 0.321 e. The van der Waals surface area contributed by atoms with Crippen molar-refractivity contribution >= 4 is 11.7 Å². The molecule has 1 N–H and O–H groups in total. The first-order chi connectivity index (χ1) is 13.1. The lowest BCUT2D eigenvalue weighted by molar-refractivity contribution is -0.0292. The Bertz CT molecular complexity index is 800. The number of urea groups is 1. The molecule has 27 heavy (non-hydrogen) atoms. The van der Waals surface area contributed by atoms with Crippen molar-refractivity contribution in [3.05, 3.63) is 30.6 Å². The minimum absolute atomic E-state index is 0.00577. The van der Waals surface area contributed by atoms with Crippen molar-refractivity contribution < 1.29 is 14.3 Å². The first-order valence-corrected chi connectivity index (χ1v) is 9.31. The number of amides is 2. The number of carbonyl (C=O) groups excluding carboxylic acids is 1. The van der Waals surface area contributed by atoms with E-state index in [0.717, 1.165) is 37.3 Å². The van der Waals surface area contributed by atoms with Gasteiger partial charge < -0.3 is 19.7 Å². The van der Waals surface area contributed by atoms with Gasteiger partial charge in [-0.2, -0.15) is 5.10 Å². The number of benzene rings is 1. The highest BCUT2D eigenvalue weighted by Gasteiger charge is 2.37. The highest BCUT2D eigenvalue weighted by atomic mass is 16.5. The third-order valence-electron chi connectivity index (χ3n) is 5.25. The van der Waals surface area contributed by atoms with E-state index >= 15 is 0 Å². The standard InChI is InChI=1S/C19H25N5O3/c1-23-14-20-17(22-23)15-3-2-4-16(11-15)21-18(25)24-7-10-27-13-19(12-24)5-8-26-9-6-19/h2-4,11,14H,5-10,12-13H2,1H3,(H,21,25). The van der Waals surface area contributed by atoms with Gasteiger partial charge in [0, 0.05) is 50.0 Å². The summed E-state index contributed by atoms with van der Waals surface area (Å²) in [4.78, 5) is 19.0. The molecule has 2 aliphatic heterocycles. The third kappa shape index (κ3) is 4.12. The Morgan fingerprint density at radius 3 is 2.85 bits per heavy atom. The van der Waals surface area contributed by atoms with Gasteiger partial charge in [0.1, 0.15) is 6.33 Å². The average Bonchev–Trinajstić information content (AvgIpc) is 3.01. The lowest BCUT2D eigenvalue weighted by Gasteiger charge is -2.38. The Balaban J connectivity index is 1.46. The highest BCUT2D eigenvalue weighted by molar-refractivity contribution is 5.90. The molecule has 2 aromatic rings. The maximum absolute atomic E-state index is 12.9. The van der Waals surface area contributed by atoms with E-state index in [1.165, 1.54) is 0 Å². The third-order valence-corrected chi connectivity index (χ3v) is 5.25. The topological polar surface area (TPSA) is 81.5 Å². The van der Waals surface area contributed by atoms with Gasteiger partial charge in [-0.3, -0.25) is 4.68 Å². The molecule has 1 aromatic carbocycles. The fraction of sp³-hybridized carbons (Fsp3) is 0.526. The van der Waals surface area contributed by atoms with E-state index < -0.39 is 0 Å². The quantitative estimate of drug-likeness (QED) is 0.875. The van der Waals surface area contributed by atoms with Crippen LogP contribution in [0.5, 0.6) is 0 Å². The van der Waals surface area contributed by atoms with Crippen molar-refractivity contribution in [3.8, 4) is 11.4 Å². The first kappa shape index (κ1) is 17.9. The summed E-state index contributed by atoms with van der Waals surface area (Å²) in [5.74, 6) is 0.637. The largest absolute Gasteiger partial charge is 0.381 e. The lowest BCUT2D eigenvalue weighted by Crippen LogP contribution is -2.46. The number of hydrogen-bond donors (Lipinski definition) is 1. The van der Waals surface area contributed by atoms with Gasteiger partial charge in [0.2, 0.25) is 0 Å². The van der Waals surface area contributed by atoms with E-state index in [-0.39, 0.29) is 11.4 Å². The molecule has 0 bridgehead atoms. The number of carbonyl (C=O) groups is 1. The summed E-state index contributed by atoms with van der Waals surface area (Å²) < 4.78 is 13.0. The molecule has 0 unspecified atom stereocenters. The van der Waals surface area contributed by atoms with Crippen LogP contribution in [0.2, 0.25) is 0 Å². The molecule has 0 radical (unpaired) electrons. The summed E-state index contributed by atoms with van der Waals surface area (Å²) in [6.45, 7) is 4.02. The van der Waals surface area contributed by atoms with Gasteiger partial charge in [-0.1, -0.05) is 12.1 Å². The van der Waals surface area contributed by atoms with Crippen molar-refractivity contribution in [2.24, 2.45) is 12.5 Å². The molecule has 2 amide bonds. The van der Waals surface area contributed by atoms with Gasteiger partial charge in [0.15, 0.2) is 5.82 Å². The zero-order valence-electron chi connectivity index (χ0n) is 15.6. The van der Waals surface area contributed by atoms with Gasteiger partial charge >= 0.3 is 6.03 Å². The molecule has 1 spiro atoms. The molecule has 2 fully saturated rings. The molecule has 8 nitrogen and oxygen atoms in total. The number of aromatic nitrogens is 3. The summed E-state index contributed by atoms with van der Waals surface area (Å²) in [5, 5.41) is 7.33. The predicted molar refractivity (Wildman–Crippen MR) is 100 cm³/mol. The number of ether oxygens (including phenoxy) is 2. The Hall–Kier alpha value is -2.45. The first-order valence-electron chi connectivity index (χ1n) is 9.31. The summed E-state index contributed by atoms with van der Waals surface area (Å²) >= 11 is 0. The number of anilines is 1.